The van der Waals surface area contributed by atoms with Crippen molar-refractivity contribution in [2.75, 3.05) is 20.2 Å². The van der Waals surface area contributed by atoms with Crippen molar-refractivity contribution in [1.82, 2.24) is 14.9 Å². The third kappa shape index (κ3) is 3.36. The molecular weight excluding hydrogens is 238 g/mol. The average molecular weight is 257 g/mol. The number of likely N-dealkylation sites (N-methyl/N-ethyl adjacent to an activating group) is 1. The number of aryl methyl sites for hydroxylation is 1. The number of hydrogen-bond donors (Lipinski definition) is 1. The van der Waals surface area contributed by atoms with E-state index in [1.807, 2.05) is 38.2 Å². The van der Waals surface area contributed by atoms with E-state index in [-0.39, 0.29) is 12.6 Å². The minimum atomic E-state index is -0.0340. The van der Waals surface area contributed by atoms with Gasteiger partial charge in [-0.3, -0.25) is 4.90 Å². The third-order valence-electron chi connectivity index (χ3n) is 3.07. The number of aliphatic hydroxyl groups is 1. The van der Waals surface area contributed by atoms with Gasteiger partial charge in [-0.1, -0.05) is 30.3 Å². The molecule has 0 radical (unpaired) electrons. The SMILES string of the molecule is Cc1ccnc(C(c2ccccc2)N(C)CCO)n1. The second kappa shape index (κ2) is 6.41. The maximum Gasteiger partial charge on any atom is 0.150 e. The van der Waals surface area contributed by atoms with Crippen molar-refractivity contribution in [3.63, 3.8) is 0 Å². The van der Waals surface area contributed by atoms with Gasteiger partial charge in [-0.15, -0.1) is 0 Å². The van der Waals surface area contributed by atoms with E-state index < -0.39 is 0 Å². The van der Waals surface area contributed by atoms with Crippen LogP contribution in [0.25, 0.3) is 0 Å². The average Bonchev–Trinajstić information content (AvgIpc) is 2.40. The summed E-state index contributed by atoms with van der Waals surface area (Å²) in [4.78, 5) is 11.0. The molecule has 2 rings (SSSR count). The monoisotopic (exact) mass is 257 g/mol. The molecule has 4 heteroatoms. The molecule has 0 bridgehead atoms. The van der Waals surface area contributed by atoms with Crippen molar-refractivity contribution in [3.05, 3.63) is 59.7 Å². The number of benzene rings is 1. The molecule has 1 N–H and O–H groups in total. The van der Waals surface area contributed by atoms with Crippen molar-refractivity contribution in [1.29, 1.82) is 0 Å². The number of rotatable bonds is 5. The summed E-state index contributed by atoms with van der Waals surface area (Å²) in [5.41, 5.74) is 2.08. The topological polar surface area (TPSA) is 49.2 Å². The first-order valence-corrected chi connectivity index (χ1v) is 6.38. The predicted molar refractivity (Wildman–Crippen MR) is 74.8 cm³/mol. The fraction of sp³-hybridized carbons (Fsp3) is 0.333. The molecule has 0 spiro atoms. The van der Waals surface area contributed by atoms with Gasteiger partial charge >= 0.3 is 0 Å². The summed E-state index contributed by atoms with van der Waals surface area (Å²) < 4.78 is 0. The minimum Gasteiger partial charge on any atom is -0.395 e. The largest absolute Gasteiger partial charge is 0.395 e. The summed E-state index contributed by atoms with van der Waals surface area (Å²) in [6, 6.07) is 12.0. The first-order valence-electron chi connectivity index (χ1n) is 6.38. The van der Waals surface area contributed by atoms with Gasteiger partial charge in [-0.05, 0) is 25.6 Å². The highest BCUT2D eigenvalue weighted by atomic mass is 16.3. The molecule has 0 amide bonds. The lowest BCUT2D eigenvalue weighted by Gasteiger charge is -2.26. The minimum absolute atomic E-state index is 0.0340. The van der Waals surface area contributed by atoms with Crippen LogP contribution >= 0.6 is 0 Å². The number of nitrogens with zero attached hydrogens (tertiary/aromatic N) is 3. The molecule has 1 atom stereocenters. The van der Waals surface area contributed by atoms with Gasteiger partial charge < -0.3 is 5.11 Å². The van der Waals surface area contributed by atoms with Gasteiger partial charge in [-0.25, -0.2) is 9.97 Å². The molecular formula is C15H19N3O. The van der Waals surface area contributed by atoms with Crippen molar-refractivity contribution in [3.8, 4) is 0 Å². The Morgan fingerprint density at radius 3 is 2.58 bits per heavy atom. The van der Waals surface area contributed by atoms with Gasteiger partial charge in [0.15, 0.2) is 0 Å². The van der Waals surface area contributed by atoms with E-state index in [1.54, 1.807) is 6.20 Å². The van der Waals surface area contributed by atoms with Gasteiger partial charge in [0.2, 0.25) is 0 Å². The van der Waals surface area contributed by atoms with E-state index >= 15 is 0 Å². The number of aliphatic hydroxyl groups excluding tert-OH is 1. The Morgan fingerprint density at radius 1 is 1.21 bits per heavy atom. The fourth-order valence-corrected chi connectivity index (χ4v) is 2.12. The molecule has 19 heavy (non-hydrogen) atoms. The second-order valence-electron chi connectivity index (χ2n) is 4.57. The van der Waals surface area contributed by atoms with Crippen molar-refractivity contribution < 1.29 is 5.11 Å². The summed E-state index contributed by atoms with van der Waals surface area (Å²) in [6.07, 6.45) is 1.78. The summed E-state index contributed by atoms with van der Waals surface area (Å²) >= 11 is 0. The van der Waals surface area contributed by atoms with Crippen LogP contribution in [0.3, 0.4) is 0 Å². The van der Waals surface area contributed by atoms with Crippen LogP contribution in [0.15, 0.2) is 42.6 Å². The summed E-state index contributed by atoms with van der Waals surface area (Å²) in [5.74, 6) is 0.766. The van der Waals surface area contributed by atoms with Gasteiger partial charge in [0.1, 0.15) is 5.82 Å². The molecule has 4 nitrogen and oxygen atoms in total. The molecule has 2 aromatic rings. The zero-order chi connectivity index (χ0) is 13.7. The Labute approximate surface area is 113 Å². The molecule has 0 saturated heterocycles. The van der Waals surface area contributed by atoms with Crippen LogP contribution in [0.1, 0.15) is 23.1 Å². The first kappa shape index (κ1) is 13.6. The molecule has 100 valence electrons. The fourth-order valence-electron chi connectivity index (χ4n) is 2.12. The molecule has 0 fully saturated rings. The molecule has 0 aliphatic carbocycles. The van der Waals surface area contributed by atoms with Crippen LogP contribution in [0.4, 0.5) is 0 Å². The van der Waals surface area contributed by atoms with Gasteiger partial charge in [0.25, 0.3) is 0 Å². The molecule has 0 aliphatic rings. The maximum atomic E-state index is 9.15. The Kier molecular flexibility index (Phi) is 4.60. The Morgan fingerprint density at radius 2 is 1.95 bits per heavy atom. The summed E-state index contributed by atoms with van der Waals surface area (Å²) in [5, 5.41) is 9.15. The van der Waals surface area contributed by atoms with E-state index in [4.69, 9.17) is 5.11 Å². The van der Waals surface area contributed by atoms with Crippen LogP contribution in [0.2, 0.25) is 0 Å². The highest BCUT2D eigenvalue weighted by Gasteiger charge is 2.21. The smallest absolute Gasteiger partial charge is 0.150 e. The van der Waals surface area contributed by atoms with Crippen molar-refractivity contribution in [2.45, 2.75) is 13.0 Å². The Bertz CT molecular complexity index is 516. The molecule has 1 heterocycles. The Hall–Kier alpha value is -1.78. The zero-order valence-electron chi connectivity index (χ0n) is 11.3. The van der Waals surface area contributed by atoms with Crippen LogP contribution in [-0.4, -0.2) is 40.2 Å². The highest BCUT2D eigenvalue weighted by molar-refractivity contribution is 5.25. The summed E-state index contributed by atoms with van der Waals surface area (Å²) in [7, 11) is 1.97. The molecule has 0 aliphatic heterocycles. The van der Waals surface area contributed by atoms with E-state index in [9.17, 15) is 0 Å². The van der Waals surface area contributed by atoms with Gasteiger partial charge in [-0.2, -0.15) is 0 Å². The van der Waals surface area contributed by atoms with Crippen molar-refractivity contribution in [2.24, 2.45) is 0 Å². The normalized spacial score (nSPS) is 12.6. The van der Waals surface area contributed by atoms with Gasteiger partial charge in [0.05, 0.1) is 12.6 Å². The van der Waals surface area contributed by atoms with Crippen LogP contribution in [-0.2, 0) is 0 Å². The number of aromatic nitrogens is 2. The van der Waals surface area contributed by atoms with Crippen LogP contribution in [0, 0.1) is 6.92 Å². The van der Waals surface area contributed by atoms with Crippen molar-refractivity contribution >= 4 is 0 Å². The number of hydrogen-bond acceptors (Lipinski definition) is 4. The van der Waals surface area contributed by atoms with E-state index in [2.05, 4.69) is 27.0 Å². The predicted octanol–water partition coefficient (Wildman–Crippen LogP) is 1.80. The van der Waals surface area contributed by atoms with E-state index in [0.29, 0.717) is 6.54 Å². The standard InChI is InChI=1S/C15H19N3O/c1-12-8-9-16-15(17-12)14(18(2)10-11-19)13-6-4-3-5-7-13/h3-9,14,19H,10-11H2,1-2H3. The third-order valence-corrected chi connectivity index (χ3v) is 3.07. The maximum absolute atomic E-state index is 9.15. The van der Waals surface area contributed by atoms with E-state index in [0.717, 1.165) is 17.1 Å². The van der Waals surface area contributed by atoms with Crippen LogP contribution in [0.5, 0.6) is 0 Å². The van der Waals surface area contributed by atoms with Crippen LogP contribution < -0.4 is 0 Å². The van der Waals surface area contributed by atoms with E-state index in [1.165, 1.54) is 0 Å². The lowest BCUT2D eigenvalue weighted by Crippen LogP contribution is -2.29. The Balaban J connectivity index is 2.40. The lowest BCUT2D eigenvalue weighted by atomic mass is 10.0. The second-order valence-corrected chi connectivity index (χ2v) is 4.57. The molecule has 0 saturated carbocycles. The molecule has 1 aromatic heterocycles. The zero-order valence-corrected chi connectivity index (χ0v) is 11.3. The molecule has 1 aromatic carbocycles. The molecule has 1 unspecified atom stereocenters. The van der Waals surface area contributed by atoms with Gasteiger partial charge in [0, 0.05) is 18.4 Å². The quantitative estimate of drug-likeness (QED) is 0.887. The lowest BCUT2D eigenvalue weighted by molar-refractivity contribution is 0.193. The summed E-state index contributed by atoms with van der Waals surface area (Å²) in [6.45, 7) is 2.65. The highest BCUT2D eigenvalue weighted by Crippen LogP contribution is 2.24. The first-order chi connectivity index (χ1) is 9.22.